The highest BCUT2D eigenvalue weighted by Gasteiger charge is 2.10. The Bertz CT molecular complexity index is 522. The maximum atomic E-state index is 5.56. The van der Waals surface area contributed by atoms with Crippen LogP contribution in [0.1, 0.15) is 24.6 Å². The van der Waals surface area contributed by atoms with Gasteiger partial charge in [0, 0.05) is 10.1 Å². The minimum absolute atomic E-state index is 0.705. The predicted octanol–water partition coefficient (Wildman–Crippen LogP) is 3.75. The summed E-state index contributed by atoms with van der Waals surface area (Å²) in [5.41, 5.74) is 3.27. The molecule has 0 unspecified atom stereocenters. The molecule has 4 heteroatoms. The Morgan fingerprint density at radius 3 is 3.00 bits per heavy atom. The monoisotopic (exact) mass is 356 g/mol. The molecule has 1 heterocycles. The SMILES string of the molecule is CCCNCc1coc(-c2cccc(C)c2I)n1. The number of nitrogens with zero attached hydrogens (tertiary/aromatic N) is 1. The molecule has 0 amide bonds. The summed E-state index contributed by atoms with van der Waals surface area (Å²) < 4.78 is 6.76. The normalized spacial score (nSPS) is 10.8. The van der Waals surface area contributed by atoms with Gasteiger partial charge in [-0.15, -0.1) is 0 Å². The smallest absolute Gasteiger partial charge is 0.227 e. The number of rotatable bonds is 5. The quantitative estimate of drug-likeness (QED) is 0.655. The summed E-state index contributed by atoms with van der Waals surface area (Å²) in [7, 11) is 0. The average molecular weight is 356 g/mol. The van der Waals surface area contributed by atoms with Crippen molar-refractivity contribution in [3.63, 3.8) is 0 Å². The molecule has 1 aromatic heterocycles. The summed E-state index contributed by atoms with van der Waals surface area (Å²) in [6, 6.07) is 6.17. The maximum absolute atomic E-state index is 5.56. The van der Waals surface area contributed by atoms with Gasteiger partial charge in [0.25, 0.3) is 0 Å². The molecule has 0 radical (unpaired) electrons. The minimum Gasteiger partial charge on any atom is -0.444 e. The molecule has 0 spiro atoms. The van der Waals surface area contributed by atoms with Crippen molar-refractivity contribution in [1.29, 1.82) is 0 Å². The van der Waals surface area contributed by atoms with Gasteiger partial charge >= 0.3 is 0 Å². The largest absolute Gasteiger partial charge is 0.444 e. The molecule has 96 valence electrons. The number of hydrogen-bond acceptors (Lipinski definition) is 3. The van der Waals surface area contributed by atoms with Crippen LogP contribution in [-0.2, 0) is 6.54 Å². The highest BCUT2D eigenvalue weighted by atomic mass is 127. The van der Waals surface area contributed by atoms with Crippen LogP contribution in [0.25, 0.3) is 11.5 Å². The van der Waals surface area contributed by atoms with E-state index >= 15 is 0 Å². The van der Waals surface area contributed by atoms with Gasteiger partial charge in [-0.2, -0.15) is 0 Å². The molecule has 0 atom stereocenters. The van der Waals surface area contributed by atoms with Crippen molar-refractivity contribution in [3.05, 3.63) is 39.3 Å². The highest BCUT2D eigenvalue weighted by molar-refractivity contribution is 14.1. The third kappa shape index (κ3) is 3.11. The number of halogens is 1. The fraction of sp³-hybridized carbons (Fsp3) is 0.357. The summed E-state index contributed by atoms with van der Waals surface area (Å²) >= 11 is 2.34. The van der Waals surface area contributed by atoms with Crippen LogP contribution < -0.4 is 5.32 Å². The molecule has 0 aliphatic carbocycles. The second-order valence-electron chi connectivity index (χ2n) is 4.26. The lowest BCUT2D eigenvalue weighted by Gasteiger charge is -2.02. The minimum atomic E-state index is 0.705. The van der Waals surface area contributed by atoms with Crippen LogP contribution in [0.2, 0.25) is 0 Å². The molecule has 3 nitrogen and oxygen atoms in total. The molecule has 0 saturated carbocycles. The molecule has 0 bridgehead atoms. The Balaban J connectivity index is 2.16. The molecule has 0 fully saturated rings. The molecule has 1 N–H and O–H groups in total. The molecule has 18 heavy (non-hydrogen) atoms. The van der Waals surface area contributed by atoms with E-state index in [0.717, 1.165) is 30.8 Å². The summed E-state index contributed by atoms with van der Waals surface area (Å²) in [5.74, 6) is 0.705. The second-order valence-corrected chi connectivity index (χ2v) is 5.34. The zero-order valence-electron chi connectivity index (χ0n) is 10.7. The van der Waals surface area contributed by atoms with Gasteiger partial charge in [-0.1, -0.05) is 19.1 Å². The zero-order valence-corrected chi connectivity index (χ0v) is 12.8. The van der Waals surface area contributed by atoms with Gasteiger partial charge in [0.1, 0.15) is 6.26 Å². The van der Waals surface area contributed by atoms with Gasteiger partial charge in [-0.3, -0.25) is 0 Å². The first-order chi connectivity index (χ1) is 8.72. The number of oxazole rings is 1. The Kier molecular flexibility index (Phi) is 4.77. The lowest BCUT2D eigenvalue weighted by atomic mass is 10.1. The van der Waals surface area contributed by atoms with Crippen molar-refractivity contribution < 1.29 is 4.42 Å². The van der Waals surface area contributed by atoms with Crippen molar-refractivity contribution >= 4 is 22.6 Å². The number of aromatic nitrogens is 1. The van der Waals surface area contributed by atoms with E-state index < -0.39 is 0 Å². The van der Waals surface area contributed by atoms with Crippen LogP contribution >= 0.6 is 22.6 Å². The molecular formula is C14H17IN2O. The van der Waals surface area contributed by atoms with Crippen LogP contribution in [0.15, 0.2) is 28.9 Å². The molecule has 1 aromatic carbocycles. The average Bonchev–Trinajstić information content (AvgIpc) is 2.82. The third-order valence-electron chi connectivity index (χ3n) is 2.71. The maximum Gasteiger partial charge on any atom is 0.227 e. The molecule has 2 aromatic rings. The van der Waals surface area contributed by atoms with Gasteiger partial charge in [0.05, 0.1) is 11.3 Å². The van der Waals surface area contributed by atoms with Crippen LogP contribution in [0.5, 0.6) is 0 Å². The van der Waals surface area contributed by atoms with E-state index in [0.29, 0.717) is 5.89 Å². The van der Waals surface area contributed by atoms with Crippen LogP contribution in [0, 0.1) is 10.5 Å². The van der Waals surface area contributed by atoms with E-state index in [1.807, 2.05) is 12.1 Å². The standard InChI is InChI=1S/C14H17IN2O/c1-3-7-16-8-11-9-18-14(17-11)12-6-4-5-10(2)13(12)15/h4-6,9,16H,3,7-8H2,1-2H3. The molecule has 0 saturated heterocycles. The number of benzene rings is 1. The number of nitrogens with one attached hydrogen (secondary N) is 1. The number of aryl methyl sites for hydroxylation is 1. The highest BCUT2D eigenvalue weighted by Crippen LogP contribution is 2.26. The van der Waals surface area contributed by atoms with E-state index in [9.17, 15) is 0 Å². The van der Waals surface area contributed by atoms with Crippen LogP contribution in [-0.4, -0.2) is 11.5 Å². The lowest BCUT2D eigenvalue weighted by molar-refractivity contribution is 0.569. The van der Waals surface area contributed by atoms with E-state index in [1.54, 1.807) is 6.26 Å². The topological polar surface area (TPSA) is 38.1 Å². The van der Waals surface area contributed by atoms with Crippen LogP contribution in [0.3, 0.4) is 0 Å². The summed E-state index contributed by atoms with van der Waals surface area (Å²) in [5, 5.41) is 3.32. The van der Waals surface area contributed by atoms with Crippen molar-refractivity contribution in [3.8, 4) is 11.5 Å². The van der Waals surface area contributed by atoms with Crippen molar-refractivity contribution in [2.45, 2.75) is 26.8 Å². The van der Waals surface area contributed by atoms with E-state index in [2.05, 4.69) is 52.8 Å². The predicted molar refractivity (Wildman–Crippen MR) is 81.4 cm³/mol. The fourth-order valence-corrected chi connectivity index (χ4v) is 2.31. The van der Waals surface area contributed by atoms with Gasteiger partial charge < -0.3 is 9.73 Å². The van der Waals surface area contributed by atoms with E-state index in [-0.39, 0.29) is 0 Å². The molecule has 0 aliphatic heterocycles. The summed E-state index contributed by atoms with van der Waals surface area (Å²) in [6.45, 7) is 6.01. The van der Waals surface area contributed by atoms with Crippen molar-refractivity contribution in [1.82, 2.24) is 10.3 Å². The first-order valence-corrected chi connectivity index (χ1v) is 7.21. The first kappa shape index (κ1) is 13.5. The van der Waals surface area contributed by atoms with Gasteiger partial charge in [0.15, 0.2) is 0 Å². The van der Waals surface area contributed by atoms with Gasteiger partial charge in [-0.05, 0) is 54.1 Å². The van der Waals surface area contributed by atoms with Crippen molar-refractivity contribution in [2.24, 2.45) is 0 Å². The van der Waals surface area contributed by atoms with E-state index in [4.69, 9.17) is 4.42 Å². The molecule has 0 aliphatic rings. The summed E-state index contributed by atoms with van der Waals surface area (Å²) in [6.07, 6.45) is 2.86. The number of hydrogen-bond donors (Lipinski definition) is 1. The van der Waals surface area contributed by atoms with Crippen molar-refractivity contribution in [2.75, 3.05) is 6.54 Å². The van der Waals surface area contributed by atoms with Crippen LogP contribution in [0.4, 0.5) is 0 Å². The lowest BCUT2D eigenvalue weighted by Crippen LogP contribution is -2.13. The zero-order chi connectivity index (χ0) is 13.0. The Labute approximate surface area is 121 Å². The van der Waals surface area contributed by atoms with E-state index in [1.165, 1.54) is 9.13 Å². The fourth-order valence-electron chi connectivity index (χ4n) is 1.72. The van der Waals surface area contributed by atoms with Gasteiger partial charge in [-0.25, -0.2) is 4.98 Å². The van der Waals surface area contributed by atoms with Gasteiger partial charge in [0.2, 0.25) is 5.89 Å². The molecular weight excluding hydrogens is 339 g/mol. The Morgan fingerprint density at radius 2 is 2.22 bits per heavy atom. The first-order valence-electron chi connectivity index (χ1n) is 6.13. The summed E-state index contributed by atoms with van der Waals surface area (Å²) in [4.78, 5) is 4.52. The second kappa shape index (κ2) is 6.33. The third-order valence-corrected chi connectivity index (χ3v) is 4.14. The molecule has 2 rings (SSSR count). The Morgan fingerprint density at radius 1 is 1.39 bits per heavy atom. The Hall–Kier alpha value is -0.880.